The fourth-order valence-electron chi connectivity index (χ4n) is 3.32. The highest BCUT2D eigenvalue weighted by atomic mass is 35.5. The van der Waals surface area contributed by atoms with E-state index in [1.54, 1.807) is 0 Å². The normalized spacial score (nSPS) is 26.0. The lowest BCUT2D eigenvalue weighted by atomic mass is 9.92. The number of hydrogen-bond donors (Lipinski definition) is 1. The molecule has 112 valence electrons. The topological polar surface area (TPSA) is 43.4 Å². The summed E-state index contributed by atoms with van der Waals surface area (Å²) in [4.78, 5) is 6.05. The van der Waals surface area contributed by atoms with Gasteiger partial charge in [0.15, 0.2) is 6.54 Å². The van der Waals surface area contributed by atoms with Crippen molar-refractivity contribution in [3.05, 3.63) is 35.2 Å². The van der Waals surface area contributed by atoms with E-state index in [0.717, 1.165) is 29.8 Å². The van der Waals surface area contributed by atoms with E-state index >= 15 is 0 Å². The van der Waals surface area contributed by atoms with Crippen LogP contribution in [0.2, 0.25) is 5.02 Å². The highest BCUT2D eigenvalue weighted by molar-refractivity contribution is 6.30. The number of rotatable bonds is 3. The Bertz CT molecular complexity index is 586. The summed E-state index contributed by atoms with van der Waals surface area (Å²) in [6.45, 7) is 7.83. The largest absolute Gasteiger partial charge is 0.333 e. The second-order valence-electron chi connectivity index (χ2n) is 6.30. The van der Waals surface area contributed by atoms with Gasteiger partial charge >= 0.3 is 0 Å². The molecule has 21 heavy (non-hydrogen) atoms. The van der Waals surface area contributed by atoms with E-state index in [4.69, 9.17) is 16.1 Å². The Hall–Kier alpha value is -1.39. The minimum absolute atomic E-state index is 0.638. The van der Waals surface area contributed by atoms with Gasteiger partial charge in [0.2, 0.25) is 5.82 Å². The zero-order chi connectivity index (χ0) is 14.8. The van der Waals surface area contributed by atoms with Crippen LogP contribution >= 0.6 is 11.6 Å². The van der Waals surface area contributed by atoms with Gasteiger partial charge in [-0.3, -0.25) is 0 Å². The van der Waals surface area contributed by atoms with Gasteiger partial charge < -0.3 is 9.42 Å². The summed E-state index contributed by atoms with van der Waals surface area (Å²) in [5.74, 6) is 2.89. The monoisotopic (exact) mass is 306 g/mol. The Labute approximate surface area is 130 Å². The van der Waals surface area contributed by atoms with E-state index in [1.165, 1.54) is 24.4 Å². The molecular formula is C16H21ClN3O+. The zero-order valence-electron chi connectivity index (χ0n) is 12.5. The van der Waals surface area contributed by atoms with Crippen LogP contribution in [0.4, 0.5) is 0 Å². The molecule has 1 aliphatic heterocycles. The van der Waals surface area contributed by atoms with Gasteiger partial charge in [0.25, 0.3) is 5.89 Å². The molecule has 3 rings (SSSR count). The van der Waals surface area contributed by atoms with Crippen molar-refractivity contribution in [2.45, 2.75) is 26.8 Å². The molecule has 1 saturated heterocycles. The quantitative estimate of drug-likeness (QED) is 0.947. The van der Waals surface area contributed by atoms with Crippen LogP contribution in [0, 0.1) is 11.8 Å². The maximum atomic E-state index is 5.89. The summed E-state index contributed by atoms with van der Waals surface area (Å²) in [6.07, 6.45) is 1.32. The molecule has 5 heteroatoms. The number of halogens is 1. The van der Waals surface area contributed by atoms with Crippen molar-refractivity contribution in [2.24, 2.45) is 11.8 Å². The maximum absolute atomic E-state index is 5.89. The van der Waals surface area contributed by atoms with Crippen molar-refractivity contribution >= 4 is 11.6 Å². The molecule has 0 amide bonds. The molecule has 0 radical (unpaired) electrons. The third-order valence-electron chi connectivity index (χ3n) is 4.05. The SMILES string of the molecule is C[C@@H]1C[C@H](C)C[NH+](Cc2nc(-c3ccc(Cl)cc3)no2)C1. The van der Waals surface area contributed by atoms with Gasteiger partial charge in [-0.05, 0) is 30.7 Å². The lowest BCUT2D eigenvalue weighted by Crippen LogP contribution is -3.13. The van der Waals surface area contributed by atoms with Crippen LogP contribution in [0.25, 0.3) is 11.4 Å². The summed E-state index contributed by atoms with van der Waals surface area (Å²) in [7, 11) is 0. The molecule has 1 unspecified atom stereocenters. The van der Waals surface area contributed by atoms with Crippen molar-refractivity contribution in [1.82, 2.24) is 10.1 Å². The minimum atomic E-state index is 0.638. The summed E-state index contributed by atoms with van der Waals surface area (Å²) >= 11 is 5.89. The second kappa shape index (κ2) is 6.16. The molecule has 2 aromatic rings. The van der Waals surface area contributed by atoms with Gasteiger partial charge in [0.05, 0.1) is 13.1 Å². The lowest BCUT2D eigenvalue weighted by Gasteiger charge is -2.30. The van der Waals surface area contributed by atoms with Crippen molar-refractivity contribution < 1.29 is 9.42 Å². The van der Waals surface area contributed by atoms with Crippen LogP contribution in [-0.4, -0.2) is 23.2 Å². The van der Waals surface area contributed by atoms with Crippen LogP contribution in [0.3, 0.4) is 0 Å². The van der Waals surface area contributed by atoms with E-state index in [-0.39, 0.29) is 0 Å². The molecule has 0 saturated carbocycles. The van der Waals surface area contributed by atoms with Crippen molar-refractivity contribution in [2.75, 3.05) is 13.1 Å². The van der Waals surface area contributed by atoms with Gasteiger partial charge in [-0.25, -0.2) is 0 Å². The smallest absolute Gasteiger partial charge is 0.282 e. The van der Waals surface area contributed by atoms with Gasteiger partial charge in [0.1, 0.15) is 0 Å². The Morgan fingerprint density at radius 2 is 1.86 bits per heavy atom. The first kappa shape index (κ1) is 14.5. The molecule has 0 bridgehead atoms. The fraction of sp³-hybridized carbons (Fsp3) is 0.500. The minimum Gasteiger partial charge on any atom is -0.333 e. The van der Waals surface area contributed by atoms with E-state index in [9.17, 15) is 0 Å². The number of piperidine rings is 1. The number of nitrogens with zero attached hydrogens (tertiary/aromatic N) is 2. The molecule has 3 atom stereocenters. The van der Waals surface area contributed by atoms with Gasteiger partial charge in [-0.15, -0.1) is 0 Å². The Balaban J connectivity index is 1.69. The molecule has 2 heterocycles. The molecule has 1 aromatic heterocycles. The predicted molar refractivity (Wildman–Crippen MR) is 82.1 cm³/mol. The number of likely N-dealkylation sites (tertiary alicyclic amines) is 1. The maximum Gasteiger partial charge on any atom is 0.282 e. The number of aromatic nitrogens is 2. The number of nitrogens with one attached hydrogen (secondary N) is 1. The molecular weight excluding hydrogens is 286 g/mol. The van der Waals surface area contributed by atoms with Gasteiger partial charge in [0, 0.05) is 22.4 Å². The Morgan fingerprint density at radius 1 is 1.19 bits per heavy atom. The third-order valence-corrected chi connectivity index (χ3v) is 4.30. The molecule has 1 N–H and O–H groups in total. The Kier molecular flexibility index (Phi) is 4.27. The summed E-state index contributed by atoms with van der Waals surface area (Å²) < 4.78 is 5.41. The zero-order valence-corrected chi connectivity index (χ0v) is 13.2. The molecule has 1 fully saturated rings. The summed E-state index contributed by atoms with van der Waals surface area (Å²) in [5.41, 5.74) is 0.935. The first-order valence-electron chi connectivity index (χ1n) is 7.52. The summed E-state index contributed by atoms with van der Waals surface area (Å²) in [6, 6.07) is 7.50. The average molecular weight is 307 g/mol. The first-order valence-corrected chi connectivity index (χ1v) is 7.90. The highest BCUT2D eigenvalue weighted by Crippen LogP contribution is 2.18. The van der Waals surface area contributed by atoms with E-state index in [0.29, 0.717) is 10.8 Å². The number of benzene rings is 1. The van der Waals surface area contributed by atoms with Crippen molar-refractivity contribution in [1.29, 1.82) is 0 Å². The molecule has 4 nitrogen and oxygen atoms in total. The van der Waals surface area contributed by atoms with Crippen LogP contribution in [-0.2, 0) is 6.54 Å². The van der Waals surface area contributed by atoms with Crippen molar-refractivity contribution in [3.63, 3.8) is 0 Å². The van der Waals surface area contributed by atoms with Gasteiger partial charge in [-0.1, -0.05) is 30.6 Å². The fourth-order valence-corrected chi connectivity index (χ4v) is 3.45. The summed E-state index contributed by atoms with van der Waals surface area (Å²) in [5, 5.41) is 4.79. The predicted octanol–water partition coefficient (Wildman–Crippen LogP) is 2.45. The van der Waals surface area contributed by atoms with E-state index in [1.807, 2.05) is 24.3 Å². The standard InChI is InChI=1S/C16H20ClN3O/c1-11-7-12(2)9-20(8-11)10-15-18-16(19-21-15)13-3-5-14(17)6-4-13/h3-6,11-12H,7-10H2,1-2H3/p+1/t11-,12+. The van der Waals surface area contributed by atoms with E-state index in [2.05, 4.69) is 24.0 Å². The molecule has 1 aromatic carbocycles. The molecule has 1 aliphatic rings. The lowest BCUT2D eigenvalue weighted by molar-refractivity contribution is -0.926. The van der Waals surface area contributed by atoms with Crippen LogP contribution in [0.5, 0.6) is 0 Å². The highest BCUT2D eigenvalue weighted by Gasteiger charge is 2.26. The first-order chi connectivity index (χ1) is 10.1. The average Bonchev–Trinajstić information content (AvgIpc) is 2.87. The number of hydrogen-bond acceptors (Lipinski definition) is 3. The number of quaternary nitrogens is 1. The van der Waals surface area contributed by atoms with Crippen LogP contribution in [0.1, 0.15) is 26.2 Å². The Morgan fingerprint density at radius 3 is 2.52 bits per heavy atom. The van der Waals surface area contributed by atoms with E-state index < -0.39 is 0 Å². The molecule has 0 aliphatic carbocycles. The molecule has 0 spiro atoms. The van der Waals surface area contributed by atoms with Gasteiger partial charge in [-0.2, -0.15) is 4.98 Å². The second-order valence-corrected chi connectivity index (χ2v) is 6.74. The van der Waals surface area contributed by atoms with Crippen molar-refractivity contribution in [3.8, 4) is 11.4 Å². The van der Waals surface area contributed by atoms with Crippen LogP contribution in [0.15, 0.2) is 28.8 Å². The third kappa shape index (κ3) is 3.63. The van der Waals surface area contributed by atoms with Crippen LogP contribution < -0.4 is 4.90 Å².